The molecule has 132 valence electrons. The first-order valence-electron chi connectivity index (χ1n) is 9.57. The summed E-state index contributed by atoms with van der Waals surface area (Å²) in [5.41, 5.74) is 2.28. The molecule has 0 radical (unpaired) electrons. The second-order valence-electron chi connectivity index (χ2n) is 8.98. The predicted octanol–water partition coefficient (Wildman–Crippen LogP) is 5.77. The van der Waals surface area contributed by atoms with Crippen LogP contribution in [0.3, 0.4) is 0 Å². The zero-order valence-electron chi connectivity index (χ0n) is 15.1. The molecule has 0 aromatic rings. The second kappa shape index (κ2) is 5.72. The molecule has 0 N–H and O–H groups in total. The summed E-state index contributed by atoms with van der Waals surface area (Å²) in [6.45, 7) is 6.51. The number of hydrogen-bond acceptors (Lipinski definition) is 2. The second-order valence-corrected chi connectivity index (χ2v) is 9.83. The number of fused-ring (bicyclic) bond motifs is 5. The molecule has 0 heterocycles. The topological polar surface area (TPSA) is 26.3 Å². The monoisotopic (exact) mass is 392 g/mol. The molecule has 4 rings (SSSR count). The van der Waals surface area contributed by atoms with Crippen LogP contribution < -0.4 is 0 Å². The summed E-state index contributed by atoms with van der Waals surface area (Å²) in [5.74, 6) is 2.29. The first-order chi connectivity index (χ1) is 11.3. The lowest BCUT2D eigenvalue weighted by Crippen LogP contribution is -2.49. The van der Waals surface area contributed by atoms with Crippen molar-refractivity contribution in [3.8, 4) is 0 Å². The van der Waals surface area contributed by atoms with E-state index in [4.69, 9.17) is 4.74 Å². The number of halogens is 1. The van der Waals surface area contributed by atoms with Gasteiger partial charge in [0.15, 0.2) is 0 Å². The molecular formula is C21H29BrO2. The van der Waals surface area contributed by atoms with Gasteiger partial charge in [-0.15, -0.1) is 0 Å². The summed E-state index contributed by atoms with van der Waals surface area (Å²) in [4.78, 5) is 11.3. The average molecular weight is 393 g/mol. The number of hydrogen-bond donors (Lipinski definition) is 0. The van der Waals surface area contributed by atoms with Crippen molar-refractivity contribution in [1.82, 2.24) is 0 Å². The number of esters is 1. The van der Waals surface area contributed by atoms with Crippen LogP contribution in [0.4, 0.5) is 0 Å². The van der Waals surface area contributed by atoms with E-state index in [9.17, 15) is 4.79 Å². The SMILES string of the molecule is CC(=O)O[C@H]1CC[C@@]2(C)C(=CC[C@@H]3[C@@H]2CC[C@]2(C)C(Br)=CC[C@@H]32)C1. The van der Waals surface area contributed by atoms with Gasteiger partial charge >= 0.3 is 5.97 Å². The highest BCUT2D eigenvalue weighted by atomic mass is 79.9. The first kappa shape index (κ1) is 16.9. The van der Waals surface area contributed by atoms with Crippen LogP contribution in [0.5, 0.6) is 0 Å². The van der Waals surface area contributed by atoms with Gasteiger partial charge in [0.2, 0.25) is 0 Å². The van der Waals surface area contributed by atoms with Crippen molar-refractivity contribution in [2.75, 3.05) is 0 Å². The summed E-state index contributed by atoms with van der Waals surface area (Å²) in [5, 5.41) is 0. The summed E-state index contributed by atoms with van der Waals surface area (Å²) in [6, 6.07) is 0. The molecule has 2 nitrogen and oxygen atoms in total. The summed E-state index contributed by atoms with van der Waals surface area (Å²) < 4.78 is 6.98. The van der Waals surface area contributed by atoms with E-state index < -0.39 is 0 Å². The summed E-state index contributed by atoms with van der Waals surface area (Å²) in [7, 11) is 0. The average Bonchev–Trinajstić information content (AvgIpc) is 2.83. The van der Waals surface area contributed by atoms with Crippen LogP contribution in [-0.2, 0) is 9.53 Å². The normalized spacial score (nSPS) is 47.0. The van der Waals surface area contributed by atoms with E-state index in [0.717, 1.165) is 30.6 Å². The smallest absolute Gasteiger partial charge is 0.302 e. The van der Waals surface area contributed by atoms with Crippen molar-refractivity contribution in [3.63, 3.8) is 0 Å². The van der Waals surface area contributed by atoms with Crippen molar-refractivity contribution >= 4 is 21.9 Å². The molecule has 0 saturated heterocycles. The largest absolute Gasteiger partial charge is 0.462 e. The van der Waals surface area contributed by atoms with Crippen LogP contribution in [0.25, 0.3) is 0 Å². The van der Waals surface area contributed by atoms with Gasteiger partial charge < -0.3 is 4.74 Å². The van der Waals surface area contributed by atoms with E-state index in [0.29, 0.717) is 10.8 Å². The molecule has 6 atom stereocenters. The number of allylic oxidation sites excluding steroid dienone is 3. The maximum absolute atomic E-state index is 11.3. The van der Waals surface area contributed by atoms with E-state index in [2.05, 4.69) is 41.9 Å². The minimum atomic E-state index is -0.131. The number of carbonyl (C=O) groups is 1. The minimum Gasteiger partial charge on any atom is -0.462 e. The van der Waals surface area contributed by atoms with Gasteiger partial charge in [-0.1, -0.05) is 47.5 Å². The third kappa shape index (κ3) is 2.37. The quantitative estimate of drug-likeness (QED) is 0.418. The standard InChI is InChI=1S/C21H29BrO2/c1-13(23)24-15-8-10-20(2)14(12-15)4-5-16-17-6-7-19(22)21(17,3)11-9-18(16)20/h4,7,15-18H,5-6,8-12H2,1-3H3/t15-,16-,17-,18-,20-,21-/m0/s1. The van der Waals surface area contributed by atoms with Gasteiger partial charge in [0.1, 0.15) is 6.10 Å². The van der Waals surface area contributed by atoms with Crippen molar-refractivity contribution in [3.05, 3.63) is 22.2 Å². The van der Waals surface area contributed by atoms with Crippen LogP contribution in [0, 0.1) is 28.6 Å². The molecule has 2 fully saturated rings. The molecule has 4 aliphatic rings. The van der Waals surface area contributed by atoms with Gasteiger partial charge in [0, 0.05) is 18.8 Å². The van der Waals surface area contributed by atoms with E-state index >= 15 is 0 Å². The maximum Gasteiger partial charge on any atom is 0.302 e. The Morgan fingerprint density at radius 2 is 1.88 bits per heavy atom. The Bertz CT molecular complexity index is 621. The Morgan fingerprint density at radius 1 is 1.12 bits per heavy atom. The highest BCUT2D eigenvalue weighted by Gasteiger charge is 2.56. The zero-order chi connectivity index (χ0) is 17.1. The highest BCUT2D eigenvalue weighted by Crippen LogP contribution is 2.65. The van der Waals surface area contributed by atoms with Crippen molar-refractivity contribution in [2.24, 2.45) is 28.6 Å². The van der Waals surface area contributed by atoms with Crippen LogP contribution >= 0.6 is 15.9 Å². The highest BCUT2D eigenvalue weighted by molar-refractivity contribution is 9.11. The van der Waals surface area contributed by atoms with E-state index in [1.54, 1.807) is 5.57 Å². The molecule has 0 bridgehead atoms. The molecule has 3 heteroatoms. The Morgan fingerprint density at radius 3 is 2.62 bits per heavy atom. The molecule has 2 saturated carbocycles. The molecule has 0 aliphatic heterocycles. The molecular weight excluding hydrogens is 364 g/mol. The molecule has 0 unspecified atom stereocenters. The lowest BCUT2D eigenvalue weighted by Gasteiger charge is -2.57. The summed E-state index contributed by atoms with van der Waals surface area (Å²) >= 11 is 3.86. The van der Waals surface area contributed by atoms with Crippen molar-refractivity contribution in [2.45, 2.75) is 71.8 Å². The molecule has 0 spiro atoms. The third-order valence-corrected chi connectivity index (χ3v) is 9.11. The molecule has 0 amide bonds. The fraction of sp³-hybridized carbons (Fsp3) is 0.762. The van der Waals surface area contributed by atoms with Gasteiger partial charge in [0.05, 0.1) is 0 Å². The molecule has 24 heavy (non-hydrogen) atoms. The van der Waals surface area contributed by atoms with Gasteiger partial charge in [0.25, 0.3) is 0 Å². The fourth-order valence-electron chi connectivity index (χ4n) is 6.48. The van der Waals surface area contributed by atoms with Crippen LogP contribution in [0.15, 0.2) is 22.2 Å². The van der Waals surface area contributed by atoms with Gasteiger partial charge in [-0.2, -0.15) is 0 Å². The Kier molecular flexibility index (Phi) is 4.02. The number of carbonyl (C=O) groups excluding carboxylic acids is 1. The third-order valence-electron chi connectivity index (χ3n) is 7.88. The Labute approximate surface area is 154 Å². The maximum atomic E-state index is 11.3. The van der Waals surface area contributed by atoms with E-state index in [1.807, 2.05) is 0 Å². The predicted molar refractivity (Wildman–Crippen MR) is 99.7 cm³/mol. The van der Waals surface area contributed by atoms with Crippen molar-refractivity contribution < 1.29 is 9.53 Å². The van der Waals surface area contributed by atoms with Crippen LogP contribution in [-0.4, -0.2) is 12.1 Å². The van der Waals surface area contributed by atoms with E-state index in [-0.39, 0.29) is 12.1 Å². The van der Waals surface area contributed by atoms with Crippen molar-refractivity contribution in [1.29, 1.82) is 0 Å². The van der Waals surface area contributed by atoms with E-state index in [1.165, 1.54) is 43.5 Å². The van der Waals surface area contributed by atoms with Crippen LogP contribution in [0.2, 0.25) is 0 Å². The van der Waals surface area contributed by atoms with Gasteiger partial charge in [-0.25, -0.2) is 0 Å². The Hall–Kier alpha value is -0.570. The molecule has 0 aromatic heterocycles. The summed E-state index contributed by atoms with van der Waals surface area (Å²) in [6.07, 6.45) is 13.3. The van der Waals surface area contributed by atoms with Gasteiger partial charge in [-0.3, -0.25) is 4.79 Å². The molecule has 4 aliphatic carbocycles. The zero-order valence-corrected chi connectivity index (χ0v) is 16.7. The lowest BCUT2D eigenvalue weighted by molar-refractivity contribution is -0.148. The lowest BCUT2D eigenvalue weighted by atomic mass is 9.48. The number of rotatable bonds is 1. The Balaban J connectivity index is 1.59. The molecule has 0 aromatic carbocycles. The fourth-order valence-corrected chi connectivity index (χ4v) is 7.16. The van der Waals surface area contributed by atoms with Gasteiger partial charge in [-0.05, 0) is 66.2 Å². The number of ether oxygens (including phenoxy) is 1. The minimum absolute atomic E-state index is 0.106. The first-order valence-corrected chi connectivity index (χ1v) is 10.4. The van der Waals surface area contributed by atoms with Crippen LogP contribution in [0.1, 0.15) is 65.7 Å².